The maximum absolute atomic E-state index is 2.00. The first-order valence-corrected chi connectivity index (χ1v) is 4.67. The molecule has 0 nitrogen and oxygen atoms in total. The van der Waals surface area contributed by atoms with E-state index in [1.165, 1.54) is 0 Å². The topological polar surface area (TPSA) is 0 Å². The summed E-state index contributed by atoms with van der Waals surface area (Å²) in [4.78, 5) is 0. The van der Waals surface area contributed by atoms with Crippen LogP contribution in [0.2, 0.25) is 0 Å². The molecular formula is C14H14Mo. The summed E-state index contributed by atoms with van der Waals surface area (Å²) < 4.78 is 0. The van der Waals surface area contributed by atoms with Crippen LogP contribution in [0.3, 0.4) is 0 Å². The van der Waals surface area contributed by atoms with Gasteiger partial charge >= 0.3 is 0 Å². The number of hydrogen-bond acceptors (Lipinski definition) is 0. The summed E-state index contributed by atoms with van der Waals surface area (Å²) >= 11 is 0. The van der Waals surface area contributed by atoms with Gasteiger partial charge in [-0.1, -0.05) is 0 Å². The van der Waals surface area contributed by atoms with Crippen LogP contribution in [-0.4, -0.2) is 0 Å². The van der Waals surface area contributed by atoms with E-state index in [2.05, 4.69) is 0 Å². The monoisotopic (exact) mass is 280 g/mol. The Morgan fingerprint density at radius 2 is 0.267 bits per heavy atom. The van der Waals surface area contributed by atoms with Gasteiger partial charge in [0.05, 0.1) is 0 Å². The summed E-state index contributed by atoms with van der Waals surface area (Å²) in [6, 6.07) is 0. The SMILES string of the molecule is [CH]1[CH][CH][CH][CH][CH][CH]1.[CH]1[CH][CH][CH][CH][CH][CH]1.[Mo]. The molecule has 0 aromatic heterocycles. The molecule has 0 bridgehead atoms. The molecule has 0 saturated heterocycles. The Labute approximate surface area is 111 Å². The quantitative estimate of drug-likeness (QED) is 0.472. The van der Waals surface area contributed by atoms with E-state index in [9.17, 15) is 0 Å². The second-order valence-corrected chi connectivity index (χ2v) is 2.69. The molecule has 14 radical (unpaired) electrons. The van der Waals surface area contributed by atoms with Crippen LogP contribution in [0, 0.1) is 89.9 Å². The molecule has 1 heteroatoms. The summed E-state index contributed by atoms with van der Waals surface area (Å²) in [5.74, 6) is 0. The minimum absolute atomic E-state index is 0. The molecule has 76 valence electrons. The van der Waals surface area contributed by atoms with E-state index < -0.39 is 0 Å². The van der Waals surface area contributed by atoms with Crippen LogP contribution >= 0.6 is 0 Å². The van der Waals surface area contributed by atoms with E-state index in [1.54, 1.807) is 0 Å². The molecule has 0 amide bonds. The van der Waals surface area contributed by atoms with Crippen LogP contribution in [0.15, 0.2) is 0 Å². The van der Waals surface area contributed by atoms with Gasteiger partial charge in [0, 0.05) is 21.1 Å². The van der Waals surface area contributed by atoms with Gasteiger partial charge in [-0.2, -0.15) is 0 Å². The van der Waals surface area contributed by atoms with E-state index in [4.69, 9.17) is 0 Å². The molecule has 0 spiro atoms. The molecule has 2 aliphatic rings. The van der Waals surface area contributed by atoms with Crippen molar-refractivity contribution in [3.63, 3.8) is 0 Å². The fraction of sp³-hybridized carbons (Fsp3) is 0. The van der Waals surface area contributed by atoms with Crippen molar-refractivity contribution in [1.82, 2.24) is 0 Å². The van der Waals surface area contributed by atoms with E-state index in [-0.39, 0.29) is 21.1 Å². The smallest absolute Gasteiger partial charge is 0 e. The van der Waals surface area contributed by atoms with Crippen molar-refractivity contribution in [2.45, 2.75) is 0 Å². The fourth-order valence-electron chi connectivity index (χ4n) is 0.898. The summed E-state index contributed by atoms with van der Waals surface area (Å²) in [7, 11) is 0. The summed E-state index contributed by atoms with van der Waals surface area (Å²) in [5, 5.41) is 0. The summed E-state index contributed by atoms with van der Waals surface area (Å²) in [6.07, 6.45) is 28.0. The largest absolute Gasteiger partial charge is 0.0312 e. The van der Waals surface area contributed by atoms with Crippen LogP contribution < -0.4 is 0 Å². The van der Waals surface area contributed by atoms with Gasteiger partial charge in [-0.25, -0.2) is 0 Å². The minimum atomic E-state index is 0. The van der Waals surface area contributed by atoms with Crippen molar-refractivity contribution in [1.29, 1.82) is 0 Å². The molecule has 0 aliphatic heterocycles. The number of rotatable bonds is 0. The van der Waals surface area contributed by atoms with Crippen LogP contribution in [0.4, 0.5) is 0 Å². The van der Waals surface area contributed by atoms with Gasteiger partial charge < -0.3 is 0 Å². The van der Waals surface area contributed by atoms with Gasteiger partial charge in [0.2, 0.25) is 0 Å². The van der Waals surface area contributed by atoms with Crippen LogP contribution in [0.25, 0.3) is 0 Å². The van der Waals surface area contributed by atoms with E-state index >= 15 is 0 Å². The molecule has 15 heavy (non-hydrogen) atoms. The Kier molecular flexibility index (Phi) is 13.3. The molecule has 2 rings (SSSR count). The van der Waals surface area contributed by atoms with Gasteiger partial charge in [-0.15, -0.1) is 0 Å². The zero-order chi connectivity index (χ0) is 9.90. The van der Waals surface area contributed by atoms with Gasteiger partial charge in [-0.3, -0.25) is 0 Å². The molecular weight excluding hydrogens is 264 g/mol. The molecule has 0 aromatic rings. The fourth-order valence-corrected chi connectivity index (χ4v) is 0.898. The van der Waals surface area contributed by atoms with E-state index in [1.807, 2.05) is 89.9 Å². The maximum atomic E-state index is 2.00. The molecule has 0 heterocycles. The van der Waals surface area contributed by atoms with Crippen molar-refractivity contribution < 1.29 is 21.1 Å². The third-order valence-electron chi connectivity index (χ3n) is 1.56. The van der Waals surface area contributed by atoms with Crippen LogP contribution in [0.5, 0.6) is 0 Å². The Morgan fingerprint density at radius 3 is 0.333 bits per heavy atom. The van der Waals surface area contributed by atoms with Gasteiger partial charge in [0.1, 0.15) is 0 Å². The van der Waals surface area contributed by atoms with E-state index in [0.717, 1.165) is 0 Å². The second-order valence-electron chi connectivity index (χ2n) is 2.69. The molecule has 2 fully saturated rings. The summed E-state index contributed by atoms with van der Waals surface area (Å²) in [5.41, 5.74) is 0. The molecule has 0 aromatic carbocycles. The average Bonchev–Trinajstić information content (AvgIpc) is 2.68. The Morgan fingerprint density at radius 1 is 0.200 bits per heavy atom. The Hall–Kier alpha value is 0.688. The van der Waals surface area contributed by atoms with Crippen molar-refractivity contribution in [3.05, 3.63) is 89.9 Å². The average molecular weight is 278 g/mol. The zero-order valence-corrected chi connectivity index (χ0v) is 10.5. The second kappa shape index (κ2) is 12.8. The molecule has 2 aliphatic carbocycles. The third kappa shape index (κ3) is 11.0. The van der Waals surface area contributed by atoms with Gasteiger partial charge in [-0.05, 0) is 89.9 Å². The van der Waals surface area contributed by atoms with Crippen molar-refractivity contribution in [2.24, 2.45) is 0 Å². The molecule has 0 atom stereocenters. The molecule has 0 N–H and O–H groups in total. The summed E-state index contributed by atoms with van der Waals surface area (Å²) in [6.45, 7) is 0. The zero-order valence-electron chi connectivity index (χ0n) is 8.49. The number of hydrogen-bond donors (Lipinski definition) is 0. The third-order valence-corrected chi connectivity index (χ3v) is 1.56. The van der Waals surface area contributed by atoms with Gasteiger partial charge in [0.15, 0.2) is 0 Å². The van der Waals surface area contributed by atoms with Crippen molar-refractivity contribution in [3.8, 4) is 0 Å². The molecule has 0 unspecified atom stereocenters. The maximum Gasteiger partial charge on any atom is 0 e. The predicted octanol–water partition coefficient (Wildman–Crippen LogP) is 2.86. The first-order valence-electron chi connectivity index (χ1n) is 4.67. The van der Waals surface area contributed by atoms with Gasteiger partial charge in [0.25, 0.3) is 0 Å². The minimum Gasteiger partial charge on any atom is -0.0312 e. The Bertz CT molecular complexity index is 58.6. The molecule has 2 saturated carbocycles. The van der Waals surface area contributed by atoms with Crippen LogP contribution in [-0.2, 0) is 21.1 Å². The predicted molar refractivity (Wildman–Crippen MR) is 60.2 cm³/mol. The van der Waals surface area contributed by atoms with E-state index in [0.29, 0.717) is 0 Å². The van der Waals surface area contributed by atoms with Crippen LogP contribution in [0.1, 0.15) is 0 Å². The first kappa shape index (κ1) is 15.7. The standard InChI is InChI=1S/2C7H7.Mo/c2*1-2-4-6-7-5-3-1;/h2*1-7H;. The first-order chi connectivity index (χ1) is 7.00. The van der Waals surface area contributed by atoms with Crippen molar-refractivity contribution in [2.75, 3.05) is 0 Å². The Balaban J connectivity index is 0.000000245. The normalized spacial score (nSPS) is 22.4. The van der Waals surface area contributed by atoms with Crippen molar-refractivity contribution >= 4 is 0 Å².